The molecular weight excluding hydrogens is 219 g/mol. The van der Waals surface area contributed by atoms with Crippen LogP contribution in [0.25, 0.3) is 11.0 Å². The summed E-state index contributed by atoms with van der Waals surface area (Å²) in [6, 6.07) is 3.79. The van der Waals surface area contributed by atoms with Crippen LogP contribution in [0.5, 0.6) is 0 Å². The van der Waals surface area contributed by atoms with Crippen molar-refractivity contribution in [1.82, 2.24) is 0 Å². The molecule has 2 aromatic rings. The van der Waals surface area contributed by atoms with E-state index in [0.29, 0.717) is 11.0 Å². The number of rotatable bonds is 1. The second-order valence-corrected chi connectivity index (χ2v) is 3.33. The molecule has 0 radical (unpaired) electrons. The lowest BCUT2D eigenvalue weighted by Gasteiger charge is -1.99. The average molecular weight is 224 g/mol. The molecule has 5 heteroatoms. The summed E-state index contributed by atoms with van der Waals surface area (Å²) in [5.41, 5.74) is 0.231. The summed E-state index contributed by atoms with van der Waals surface area (Å²) < 4.78 is 18.0. The third-order valence-corrected chi connectivity index (χ3v) is 2.40. The Morgan fingerprint density at radius 1 is 1.47 bits per heavy atom. The molecule has 1 heterocycles. The summed E-state index contributed by atoms with van der Waals surface area (Å²) >= 11 is 4.92. The first-order valence-electron chi connectivity index (χ1n) is 4.04. The van der Waals surface area contributed by atoms with Crippen LogP contribution in [0.2, 0.25) is 0 Å². The maximum atomic E-state index is 12.9. The van der Waals surface area contributed by atoms with Crippen molar-refractivity contribution in [2.75, 3.05) is 0 Å². The zero-order chi connectivity index (χ0) is 11.0. The van der Waals surface area contributed by atoms with E-state index in [1.165, 1.54) is 12.1 Å². The van der Waals surface area contributed by atoms with Crippen LogP contribution >= 0.6 is 12.2 Å². The molecular formula is C10H5FO3S. The largest absolute Gasteiger partial charge is 0.478 e. The molecule has 0 fully saturated rings. The van der Waals surface area contributed by atoms with Gasteiger partial charge < -0.3 is 9.52 Å². The molecule has 2 rings (SSSR count). The lowest BCUT2D eigenvalue weighted by atomic mass is 10.2. The van der Waals surface area contributed by atoms with Crippen LogP contribution in [0, 0.1) is 10.3 Å². The Bertz CT molecular complexity index is 603. The van der Waals surface area contributed by atoms with E-state index in [0.717, 1.165) is 12.3 Å². The Balaban J connectivity index is 2.89. The predicted molar refractivity (Wildman–Crippen MR) is 54.0 cm³/mol. The Morgan fingerprint density at radius 2 is 2.20 bits per heavy atom. The third kappa shape index (κ3) is 1.61. The molecule has 0 amide bonds. The van der Waals surface area contributed by atoms with Gasteiger partial charge in [0.1, 0.15) is 23.2 Å². The van der Waals surface area contributed by atoms with Gasteiger partial charge in [-0.25, -0.2) is 9.18 Å². The minimum Gasteiger partial charge on any atom is -0.478 e. The van der Waals surface area contributed by atoms with Crippen molar-refractivity contribution in [3.63, 3.8) is 0 Å². The van der Waals surface area contributed by atoms with Crippen molar-refractivity contribution >= 4 is 29.2 Å². The van der Waals surface area contributed by atoms with Gasteiger partial charge in [-0.05, 0) is 18.2 Å². The first kappa shape index (κ1) is 9.79. The molecule has 0 saturated heterocycles. The zero-order valence-electron chi connectivity index (χ0n) is 7.36. The van der Waals surface area contributed by atoms with Gasteiger partial charge in [-0.3, -0.25) is 0 Å². The number of hydrogen-bond donors (Lipinski definition) is 1. The van der Waals surface area contributed by atoms with Gasteiger partial charge in [0.15, 0.2) is 0 Å². The molecule has 0 saturated carbocycles. The monoisotopic (exact) mass is 224 g/mol. The summed E-state index contributed by atoms with van der Waals surface area (Å²) in [7, 11) is 0. The molecule has 0 aliphatic carbocycles. The molecule has 1 aromatic carbocycles. The Kier molecular flexibility index (Phi) is 2.24. The highest BCUT2D eigenvalue weighted by molar-refractivity contribution is 7.71. The molecule has 0 aliphatic heterocycles. The molecule has 0 spiro atoms. The number of aromatic carboxylic acids is 1. The lowest BCUT2D eigenvalue weighted by molar-refractivity contribution is 0.0694. The van der Waals surface area contributed by atoms with Crippen LogP contribution in [-0.2, 0) is 0 Å². The average Bonchev–Trinajstić information content (AvgIpc) is 2.19. The molecule has 0 atom stereocenters. The molecule has 0 bridgehead atoms. The number of carboxylic acids is 1. The minimum absolute atomic E-state index is 0.0863. The summed E-state index contributed by atoms with van der Waals surface area (Å²) in [5, 5.41) is 9.07. The van der Waals surface area contributed by atoms with Gasteiger partial charge in [0.05, 0.1) is 4.51 Å². The van der Waals surface area contributed by atoms with E-state index >= 15 is 0 Å². The third-order valence-electron chi connectivity index (χ3n) is 1.97. The molecule has 76 valence electrons. The van der Waals surface area contributed by atoms with Crippen LogP contribution in [0.1, 0.15) is 10.4 Å². The van der Waals surface area contributed by atoms with Crippen molar-refractivity contribution in [3.8, 4) is 0 Å². The van der Waals surface area contributed by atoms with Crippen molar-refractivity contribution in [3.05, 3.63) is 40.4 Å². The number of carbonyl (C=O) groups is 1. The Morgan fingerprint density at radius 3 is 2.87 bits per heavy atom. The van der Waals surface area contributed by atoms with Gasteiger partial charge >= 0.3 is 5.97 Å². The van der Waals surface area contributed by atoms with Crippen molar-refractivity contribution in [2.45, 2.75) is 0 Å². The second kappa shape index (κ2) is 3.43. The van der Waals surface area contributed by atoms with Crippen molar-refractivity contribution in [2.24, 2.45) is 0 Å². The predicted octanol–water partition coefficient (Wildman–Crippen LogP) is 3.00. The smallest absolute Gasteiger partial charge is 0.340 e. The molecule has 1 N–H and O–H groups in total. The molecule has 1 aromatic heterocycles. The fraction of sp³-hybridized carbons (Fsp3) is 0. The zero-order valence-corrected chi connectivity index (χ0v) is 8.18. The van der Waals surface area contributed by atoms with E-state index in [9.17, 15) is 9.18 Å². The number of fused-ring (bicyclic) bond motifs is 1. The van der Waals surface area contributed by atoms with E-state index in [1.54, 1.807) is 0 Å². The Hall–Kier alpha value is -1.75. The maximum absolute atomic E-state index is 12.9. The number of carboxylic acid groups (broad SMARTS) is 1. The summed E-state index contributed by atoms with van der Waals surface area (Å²) in [5.74, 6) is -1.67. The van der Waals surface area contributed by atoms with Gasteiger partial charge in [0, 0.05) is 5.39 Å². The van der Waals surface area contributed by atoms with E-state index < -0.39 is 11.8 Å². The lowest BCUT2D eigenvalue weighted by Crippen LogP contribution is -1.97. The van der Waals surface area contributed by atoms with Gasteiger partial charge in [0.2, 0.25) is 0 Å². The van der Waals surface area contributed by atoms with Crippen LogP contribution in [0.15, 0.2) is 28.9 Å². The highest BCUT2D eigenvalue weighted by atomic mass is 32.1. The minimum atomic E-state index is -1.19. The van der Waals surface area contributed by atoms with Gasteiger partial charge in [-0.2, -0.15) is 0 Å². The van der Waals surface area contributed by atoms with Gasteiger partial charge in [0.25, 0.3) is 0 Å². The summed E-state index contributed by atoms with van der Waals surface area (Å²) in [6.07, 6.45) is 1.06. The van der Waals surface area contributed by atoms with Crippen LogP contribution < -0.4 is 0 Å². The van der Waals surface area contributed by atoms with Crippen molar-refractivity contribution in [1.29, 1.82) is 0 Å². The normalized spacial score (nSPS) is 10.5. The molecule has 0 aliphatic rings. The first-order valence-corrected chi connectivity index (χ1v) is 4.45. The number of benzene rings is 1. The quantitative estimate of drug-likeness (QED) is 0.756. The number of halogens is 1. The van der Waals surface area contributed by atoms with Gasteiger partial charge in [-0.15, -0.1) is 0 Å². The fourth-order valence-electron chi connectivity index (χ4n) is 1.25. The van der Waals surface area contributed by atoms with Crippen LogP contribution in [0.4, 0.5) is 4.39 Å². The number of hydrogen-bond acceptors (Lipinski definition) is 3. The van der Waals surface area contributed by atoms with Gasteiger partial charge in [-0.1, -0.05) is 12.2 Å². The maximum Gasteiger partial charge on any atom is 0.340 e. The standard InChI is InChI=1S/C10H5FO3S/c11-5-1-2-8-6(3-5)9(15)7(4-14-8)10(12)13/h1-4H,(H,12,13). The molecule has 15 heavy (non-hydrogen) atoms. The second-order valence-electron chi connectivity index (χ2n) is 2.92. The fourth-order valence-corrected chi connectivity index (χ4v) is 1.55. The Labute approximate surface area is 88.8 Å². The highest BCUT2D eigenvalue weighted by Crippen LogP contribution is 2.19. The van der Waals surface area contributed by atoms with Crippen LogP contribution in [0.3, 0.4) is 0 Å². The summed E-state index contributed by atoms with van der Waals surface area (Å²) in [6.45, 7) is 0. The van der Waals surface area contributed by atoms with E-state index in [4.69, 9.17) is 21.7 Å². The molecule has 3 nitrogen and oxygen atoms in total. The summed E-state index contributed by atoms with van der Waals surface area (Å²) in [4.78, 5) is 10.7. The van der Waals surface area contributed by atoms with E-state index in [2.05, 4.69) is 0 Å². The molecule has 0 unspecified atom stereocenters. The van der Waals surface area contributed by atoms with Crippen LogP contribution in [-0.4, -0.2) is 11.1 Å². The topological polar surface area (TPSA) is 50.4 Å². The van der Waals surface area contributed by atoms with E-state index in [1.807, 2.05) is 0 Å². The van der Waals surface area contributed by atoms with Crippen molar-refractivity contribution < 1.29 is 18.7 Å². The van der Waals surface area contributed by atoms with E-state index in [-0.39, 0.29) is 10.1 Å². The SMILES string of the molecule is O=C(O)c1coc2ccc(F)cc2c1=S. The highest BCUT2D eigenvalue weighted by Gasteiger charge is 2.10. The first-order chi connectivity index (χ1) is 7.09.